The van der Waals surface area contributed by atoms with Crippen LogP contribution in [-0.2, 0) is 71.5 Å². The molecule has 1 rings (SSSR count). The smallest absolute Gasteiger partial charge is 0.389 e. The molecule has 55 heavy (non-hydrogen) atoms. The fourth-order valence-corrected chi connectivity index (χ4v) is 4.35. The maximum absolute atomic E-state index is 13.3. The molecule has 1 aliphatic heterocycles. The molecule has 3 amide bonds. The van der Waals surface area contributed by atoms with Gasteiger partial charge in [0.15, 0.2) is 0 Å². The van der Waals surface area contributed by atoms with E-state index in [0.717, 1.165) is 9.80 Å². The molecule has 2 N–H and O–H groups in total. The highest BCUT2D eigenvalue weighted by atomic mass is 16.9. The molecule has 1 saturated heterocycles. The number of urea groups is 1. The van der Waals surface area contributed by atoms with Crippen LogP contribution < -0.4 is 0 Å². The highest BCUT2D eigenvalue weighted by Crippen LogP contribution is 2.29. The minimum atomic E-state index is -2.64. The minimum Gasteiger partial charge on any atom is -0.389 e. The van der Waals surface area contributed by atoms with Crippen LogP contribution in [0.15, 0.2) is 75.9 Å². The van der Waals surface area contributed by atoms with Gasteiger partial charge in [-0.15, -0.1) is 0 Å². The number of imide groups is 1. The van der Waals surface area contributed by atoms with Gasteiger partial charge in [0.1, 0.15) is 5.54 Å². The molecule has 0 aromatic heterocycles. The molecule has 0 aromatic rings. The first-order valence-electron chi connectivity index (χ1n) is 16.1. The van der Waals surface area contributed by atoms with E-state index in [-0.39, 0.29) is 0 Å². The van der Waals surface area contributed by atoms with Crippen molar-refractivity contribution >= 4 is 47.8 Å². The quantitative estimate of drug-likeness (QED) is 0.0392. The number of nitrogens with zero attached hydrogens (tertiary/aromatic N) is 2. The van der Waals surface area contributed by atoms with Gasteiger partial charge in [-0.2, -0.15) is 0 Å². The second kappa shape index (κ2) is 21.7. The summed E-state index contributed by atoms with van der Waals surface area (Å²) in [5.41, 5.74) is -1.51. The van der Waals surface area contributed by atoms with Gasteiger partial charge in [0.2, 0.25) is 0 Å². The van der Waals surface area contributed by atoms with E-state index >= 15 is 0 Å². The molecule has 20 heteroatoms. The highest BCUT2D eigenvalue weighted by Gasteiger charge is 2.52. The van der Waals surface area contributed by atoms with Crippen LogP contribution in [0.1, 0.15) is 26.7 Å². The van der Waals surface area contributed by atoms with Crippen LogP contribution in [0.4, 0.5) is 4.79 Å². The molecule has 0 bridgehead atoms. The van der Waals surface area contributed by atoms with Gasteiger partial charge in [-0.3, -0.25) is 9.69 Å². The summed E-state index contributed by atoms with van der Waals surface area (Å²) < 4.78 is 40.6. The third kappa shape index (κ3) is 14.4. The average molecular weight is 781 g/mol. The Balaban J connectivity index is 2.91. The Kier molecular flexibility index (Phi) is 18.5. The summed E-state index contributed by atoms with van der Waals surface area (Å²) in [5, 5.41) is 21.3. The molecular weight excluding hydrogens is 736 g/mol. The number of rotatable bonds is 26. The van der Waals surface area contributed by atoms with Gasteiger partial charge >= 0.3 is 53.8 Å². The molecular formula is C35H44N2O18. The number of aliphatic hydroxyl groups excluding tert-OH is 2. The second-order valence-electron chi connectivity index (χ2n) is 11.4. The number of carbonyl (C=O) groups excluding carboxylic acids is 8. The molecule has 2 atom stereocenters. The van der Waals surface area contributed by atoms with Gasteiger partial charge in [-0.05, 0) is 13.8 Å². The molecule has 20 nitrogen and oxygen atoms in total. The predicted molar refractivity (Wildman–Crippen MR) is 184 cm³/mol. The van der Waals surface area contributed by atoms with Crippen LogP contribution in [0.2, 0.25) is 0 Å². The predicted octanol–water partition coefficient (Wildman–Crippen LogP) is 0.247. The Bertz CT molecular complexity index is 1420. The molecule has 1 aliphatic rings. The van der Waals surface area contributed by atoms with Crippen molar-refractivity contribution < 1.29 is 86.5 Å². The Morgan fingerprint density at radius 1 is 0.600 bits per heavy atom. The van der Waals surface area contributed by atoms with Crippen LogP contribution >= 0.6 is 0 Å². The summed E-state index contributed by atoms with van der Waals surface area (Å²) >= 11 is 0. The first-order valence-corrected chi connectivity index (χ1v) is 16.1. The van der Waals surface area contributed by atoms with Gasteiger partial charge in [0.05, 0.1) is 64.6 Å². The zero-order valence-electron chi connectivity index (χ0n) is 30.3. The lowest BCUT2D eigenvalue weighted by atomic mass is 10.0. The summed E-state index contributed by atoms with van der Waals surface area (Å²) in [4.78, 5) is 99.9. The largest absolute Gasteiger partial charge is 0.426 e. The summed E-state index contributed by atoms with van der Waals surface area (Å²) in [6, 6.07) is -0.890. The van der Waals surface area contributed by atoms with Crippen molar-refractivity contribution in [2.45, 2.75) is 56.4 Å². The molecule has 0 spiro atoms. The fourth-order valence-electron chi connectivity index (χ4n) is 4.35. The minimum absolute atomic E-state index is 0.452. The van der Waals surface area contributed by atoms with E-state index in [0.29, 0.717) is 36.5 Å². The van der Waals surface area contributed by atoms with E-state index < -0.39 is 130 Å². The van der Waals surface area contributed by atoms with E-state index in [2.05, 4.69) is 39.5 Å². The molecule has 0 aromatic carbocycles. The number of ether oxygens (including phenoxy) is 8. The molecule has 1 fully saturated rings. The topological polar surface area (TPSA) is 257 Å². The maximum atomic E-state index is 13.3. The third-order valence-corrected chi connectivity index (χ3v) is 6.95. The maximum Gasteiger partial charge on any atom is 0.426 e. The van der Waals surface area contributed by atoms with Crippen LogP contribution in [0, 0.1) is 0 Å². The summed E-state index contributed by atoms with van der Waals surface area (Å²) in [6.07, 6.45) is 0.117. The Morgan fingerprint density at radius 2 is 0.891 bits per heavy atom. The zero-order chi connectivity index (χ0) is 42.0. The zero-order valence-corrected chi connectivity index (χ0v) is 30.3. The van der Waals surface area contributed by atoms with Crippen LogP contribution in [0.5, 0.6) is 0 Å². The Morgan fingerprint density at radius 3 is 1.18 bits per heavy atom. The first kappa shape index (κ1) is 47.1. The van der Waals surface area contributed by atoms with Gasteiger partial charge in [-0.1, -0.05) is 39.5 Å². The molecule has 0 saturated carbocycles. The number of β-amino-alcohol motifs (C(OH)–C–C–N with tert-alkyl or cyclic N) is 2. The van der Waals surface area contributed by atoms with Crippen molar-refractivity contribution in [1.82, 2.24) is 9.80 Å². The molecule has 302 valence electrons. The first-order chi connectivity index (χ1) is 25.8. The van der Waals surface area contributed by atoms with Gasteiger partial charge in [-0.25, -0.2) is 33.6 Å². The van der Waals surface area contributed by atoms with Crippen molar-refractivity contribution in [2.24, 2.45) is 0 Å². The SMILES string of the molecule is C=CC(=O)OC(CCOCC(O)CN1C(=O)N(CC(O)COCCC(OC(=O)C=C)(OC(=O)C=C)OC(=O)C=C)C(C)(C)C1=O)(OC(=O)C=C)OC(=O)C=C. The molecule has 2 unspecified atom stereocenters. The Hall–Kier alpha value is -5.96. The van der Waals surface area contributed by atoms with E-state index in [9.17, 15) is 48.6 Å². The third-order valence-electron chi connectivity index (χ3n) is 6.95. The molecule has 0 aliphatic carbocycles. The number of esters is 6. The number of carbonyl (C=O) groups is 8. The second-order valence-corrected chi connectivity index (χ2v) is 11.4. The molecule has 1 heterocycles. The van der Waals surface area contributed by atoms with Crippen LogP contribution in [-0.4, -0.2) is 137 Å². The summed E-state index contributed by atoms with van der Waals surface area (Å²) in [7, 11) is 0. The number of hydrogen-bond acceptors (Lipinski definition) is 18. The van der Waals surface area contributed by atoms with Crippen molar-refractivity contribution in [3.8, 4) is 0 Å². The van der Waals surface area contributed by atoms with Crippen molar-refractivity contribution in [3.05, 3.63) is 75.9 Å². The Labute approximate surface area is 315 Å². The lowest BCUT2D eigenvalue weighted by Crippen LogP contribution is -2.48. The summed E-state index contributed by atoms with van der Waals surface area (Å²) in [5.74, 6) is -12.9. The van der Waals surface area contributed by atoms with Gasteiger partial charge in [0.25, 0.3) is 5.91 Å². The normalized spacial score (nSPS) is 14.7. The standard InChI is InChI=1S/C35H44N2O18/c1-9-25(40)50-34(51-26(41)10-2,52-27(42)11-3)15-17-48-21-23(38)19-36-31(46)33(7,8)37(32(36)47)20-24(39)22-49-18-16-35(53-28(43)12-4,54-29(44)13-5)55-30(45)14-6/h9-14,23-24,38-39H,1-6,15-22H2,7-8H3. The molecule has 0 radical (unpaired) electrons. The van der Waals surface area contributed by atoms with Crippen molar-refractivity contribution in [2.75, 3.05) is 39.5 Å². The number of aliphatic hydroxyl groups is 2. The lowest BCUT2D eigenvalue weighted by Gasteiger charge is -2.31. The van der Waals surface area contributed by atoms with Crippen LogP contribution in [0.25, 0.3) is 0 Å². The van der Waals surface area contributed by atoms with E-state index in [1.54, 1.807) is 0 Å². The number of amides is 3. The van der Waals surface area contributed by atoms with Crippen LogP contribution in [0.3, 0.4) is 0 Å². The van der Waals surface area contributed by atoms with Crippen molar-refractivity contribution in [3.63, 3.8) is 0 Å². The van der Waals surface area contributed by atoms with E-state index in [1.165, 1.54) is 13.8 Å². The van der Waals surface area contributed by atoms with Crippen molar-refractivity contribution in [1.29, 1.82) is 0 Å². The average Bonchev–Trinajstić information content (AvgIpc) is 3.29. The summed E-state index contributed by atoms with van der Waals surface area (Å²) in [6.45, 7) is 19.1. The van der Waals surface area contributed by atoms with Gasteiger partial charge < -0.3 is 53.0 Å². The van der Waals surface area contributed by atoms with E-state index in [4.69, 9.17) is 37.9 Å². The fraction of sp³-hybridized carbons (Fsp3) is 0.429. The lowest BCUT2D eigenvalue weighted by molar-refractivity contribution is -0.331. The highest BCUT2D eigenvalue weighted by molar-refractivity contribution is 6.06. The number of hydrogen-bond donors (Lipinski definition) is 2. The monoisotopic (exact) mass is 780 g/mol. The van der Waals surface area contributed by atoms with E-state index in [1.807, 2.05) is 0 Å². The van der Waals surface area contributed by atoms with Gasteiger partial charge in [0, 0.05) is 36.5 Å².